The van der Waals surface area contributed by atoms with Gasteiger partial charge in [-0.1, -0.05) is 83.8 Å². The number of benzene rings is 2. The smallest absolute Gasteiger partial charge is 0.296 e. The van der Waals surface area contributed by atoms with Crippen LogP contribution in [0, 0.1) is 5.82 Å². The summed E-state index contributed by atoms with van der Waals surface area (Å²) in [5.74, 6) is -1.89. The molecule has 184 valence electrons. The Hall–Kier alpha value is -4.15. The van der Waals surface area contributed by atoms with Gasteiger partial charge in [0.05, 0.1) is 11.6 Å². The van der Waals surface area contributed by atoms with E-state index in [0.29, 0.717) is 21.2 Å². The molecule has 37 heavy (non-hydrogen) atoms. The van der Waals surface area contributed by atoms with Crippen LogP contribution in [0.1, 0.15) is 22.7 Å². The van der Waals surface area contributed by atoms with Gasteiger partial charge in [0.2, 0.25) is 5.13 Å². The van der Waals surface area contributed by atoms with Crippen LogP contribution in [0.5, 0.6) is 0 Å². The molecule has 7 nitrogen and oxygen atoms in total. The molecule has 1 aliphatic rings. The van der Waals surface area contributed by atoms with Crippen molar-refractivity contribution in [2.75, 3.05) is 4.90 Å². The first-order valence-corrected chi connectivity index (χ1v) is 13.0. The zero-order chi connectivity index (χ0) is 25.8. The molecule has 2 aromatic carbocycles. The summed E-state index contributed by atoms with van der Waals surface area (Å²) in [4.78, 5) is 31.8. The van der Waals surface area contributed by atoms with Crippen molar-refractivity contribution >= 4 is 46.0 Å². The number of ketones is 1. The molecule has 1 unspecified atom stereocenters. The molecule has 0 aliphatic carbocycles. The van der Waals surface area contributed by atoms with Crippen molar-refractivity contribution in [1.82, 2.24) is 15.2 Å². The van der Waals surface area contributed by atoms with Gasteiger partial charge in [-0.05, 0) is 34.9 Å². The van der Waals surface area contributed by atoms with Crippen LogP contribution in [0.25, 0.3) is 6.08 Å². The predicted octanol–water partition coefficient (Wildman–Crippen LogP) is 5.55. The number of aromatic nitrogens is 3. The average molecular weight is 531 g/mol. The van der Waals surface area contributed by atoms with Gasteiger partial charge >= 0.3 is 0 Å². The molecule has 0 saturated carbocycles. The second-order valence-electron chi connectivity index (χ2n) is 7.97. The third-order valence-corrected chi connectivity index (χ3v) is 7.72. The minimum atomic E-state index is -0.938. The number of amides is 1. The quantitative estimate of drug-likeness (QED) is 0.181. The van der Waals surface area contributed by atoms with Crippen molar-refractivity contribution in [3.63, 3.8) is 0 Å². The van der Waals surface area contributed by atoms with E-state index >= 15 is 0 Å². The third kappa shape index (κ3) is 5.20. The van der Waals surface area contributed by atoms with Crippen molar-refractivity contribution in [3.05, 3.63) is 119 Å². The lowest BCUT2D eigenvalue weighted by molar-refractivity contribution is -0.117. The van der Waals surface area contributed by atoms with E-state index in [4.69, 9.17) is 0 Å². The van der Waals surface area contributed by atoms with Gasteiger partial charge in [0.25, 0.3) is 5.91 Å². The third-order valence-electron chi connectivity index (χ3n) is 5.61. The highest BCUT2D eigenvalue weighted by molar-refractivity contribution is 8.00. The summed E-state index contributed by atoms with van der Waals surface area (Å²) in [6.45, 7) is 0. The Morgan fingerprint density at radius 1 is 1.08 bits per heavy atom. The molecule has 10 heteroatoms. The lowest BCUT2D eigenvalue weighted by Gasteiger charge is -2.23. The Morgan fingerprint density at radius 2 is 1.86 bits per heavy atom. The molecular formula is C27H19FN4O3S2. The maximum atomic E-state index is 14.0. The number of aliphatic hydroxyl groups excluding tert-OH is 1. The lowest BCUT2D eigenvalue weighted by atomic mass is 9.97. The van der Waals surface area contributed by atoms with Crippen LogP contribution < -0.4 is 4.90 Å². The molecule has 3 heterocycles. The predicted molar refractivity (Wildman–Crippen MR) is 140 cm³/mol. The Kier molecular flexibility index (Phi) is 7.20. The summed E-state index contributed by atoms with van der Waals surface area (Å²) in [5, 5.41) is 19.3. The Bertz CT molecular complexity index is 1510. The summed E-state index contributed by atoms with van der Waals surface area (Å²) in [6.07, 6.45) is 6.06. The number of halogens is 1. The molecule has 2 aromatic heterocycles. The molecule has 0 radical (unpaired) electrons. The summed E-state index contributed by atoms with van der Waals surface area (Å²) in [7, 11) is 0. The number of anilines is 1. The maximum Gasteiger partial charge on any atom is 0.296 e. The fraction of sp³-hybridized carbons (Fsp3) is 0.0741. The van der Waals surface area contributed by atoms with E-state index in [0.717, 1.165) is 16.9 Å². The van der Waals surface area contributed by atoms with Gasteiger partial charge in [-0.2, -0.15) is 0 Å². The van der Waals surface area contributed by atoms with Gasteiger partial charge in [-0.25, -0.2) is 4.39 Å². The van der Waals surface area contributed by atoms with Crippen molar-refractivity contribution in [2.45, 2.75) is 16.1 Å². The SMILES string of the molecule is O=C(/C=C/c1ccccc1)C1=C(O)C(=O)N(c2nnc(SCc3ccccc3F)s2)C1c1cccnc1. The fourth-order valence-corrected chi connectivity index (χ4v) is 5.70. The zero-order valence-corrected chi connectivity index (χ0v) is 20.8. The number of thioether (sulfide) groups is 1. The van der Waals surface area contributed by atoms with E-state index in [1.54, 1.807) is 42.6 Å². The highest BCUT2D eigenvalue weighted by Gasteiger charge is 2.45. The molecule has 1 amide bonds. The van der Waals surface area contributed by atoms with Crippen LogP contribution in [0.4, 0.5) is 9.52 Å². The number of nitrogens with zero attached hydrogens (tertiary/aromatic N) is 4. The van der Waals surface area contributed by atoms with Gasteiger partial charge in [0.15, 0.2) is 15.9 Å². The average Bonchev–Trinajstić information content (AvgIpc) is 3.50. The van der Waals surface area contributed by atoms with Gasteiger partial charge in [0.1, 0.15) is 5.82 Å². The summed E-state index contributed by atoms with van der Waals surface area (Å²) >= 11 is 2.40. The van der Waals surface area contributed by atoms with Crippen LogP contribution in [0.15, 0.2) is 101 Å². The van der Waals surface area contributed by atoms with Crippen molar-refractivity contribution in [2.24, 2.45) is 0 Å². The Morgan fingerprint density at radius 3 is 2.62 bits per heavy atom. The highest BCUT2D eigenvalue weighted by atomic mass is 32.2. The van der Waals surface area contributed by atoms with Crippen LogP contribution in [-0.4, -0.2) is 32.0 Å². The summed E-state index contributed by atoms with van der Waals surface area (Å²) in [6, 6.07) is 18.2. The van der Waals surface area contributed by atoms with Gasteiger partial charge < -0.3 is 5.11 Å². The summed E-state index contributed by atoms with van der Waals surface area (Å²) in [5.41, 5.74) is 1.79. The van der Waals surface area contributed by atoms with E-state index < -0.39 is 23.5 Å². The number of carbonyl (C=O) groups excluding carboxylic acids is 2. The maximum absolute atomic E-state index is 14.0. The molecule has 1 N–H and O–H groups in total. The number of carbonyl (C=O) groups is 2. The van der Waals surface area contributed by atoms with E-state index in [1.165, 1.54) is 35.0 Å². The zero-order valence-electron chi connectivity index (χ0n) is 19.2. The molecule has 0 bridgehead atoms. The van der Waals surface area contributed by atoms with E-state index in [9.17, 15) is 19.1 Å². The number of hydrogen-bond donors (Lipinski definition) is 1. The van der Waals surface area contributed by atoms with Crippen LogP contribution in [-0.2, 0) is 15.3 Å². The molecule has 5 rings (SSSR count). The van der Waals surface area contributed by atoms with Crippen LogP contribution >= 0.6 is 23.1 Å². The minimum Gasteiger partial charge on any atom is -0.503 e. The number of hydrogen-bond acceptors (Lipinski definition) is 8. The molecule has 4 aromatic rings. The van der Waals surface area contributed by atoms with E-state index in [1.807, 2.05) is 30.3 Å². The fourth-order valence-electron chi connectivity index (χ4n) is 3.85. The van der Waals surface area contributed by atoms with Gasteiger partial charge in [0, 0.05) is 18.1 Å². The Labute approximate surface area is 220 Å². The van der Waals surface area contributed by atoms with Gasteiger partial charge in [-0.3, -0.25) is 19.5 Å². The second kappa shape index (κ2) is 10.9. The second-order valence-corrected chi connectivity index (χ2v) is 10.1. The first kappa shape index (κ1) is 24.5. The van der Waals surface area contributed by atoms with Crippen molar-refractivity contribution in [1.29, 1.82) is 0 Å². The Balaban J connectivity index is 1.45. The monoisotopic (exact) mass is 530 g/mol. The largest absolute Gasteiger partial charge is 0.503 e. The molecule has 0 fully saturated rings. The molecule has 1 aliphatic heterocycles. The number of aliphatic hydroxyl groups is 1. The summed E-state index contributed by atoms with van der Waals surface area (Å²) < 4.78 is 14.5. The van der Waals surface area contributed by atoms with Crippen LogP contribution in [0.2, 0.25) is 0 Å². The van der Waals surface area contributed by atoms with Crippen molar-refractivity contribution < 1.29 is 19.1 Å². The van der Waals surface area contributed by atoms with E-state index in [-0.39, 0.29) is 16.5 Å². The van der Waals surface area contributed by atoms with E-state index in [2.05, 4.69) is 15.2 Å². The number of rotatable bonds is 8. The number of pyridine rings is 1. The first-order chi connectivity index (χ1) is 18.0. The lowest BCUT2D eigenvalue weighted by Crippen LogP contribution is -2.30. The van der Waals surface area contributed by atoms with Gasteiger partial charge in [-0.15, -0.1) is 10.2 Å². The minimum absolute atomic E-state index is 0.0686. The molecule has 0 saturated heterocycles. The van der Waals surface area contributed by atoms with Crippen LogP contribution in [0.3, 0.4) is 0 Å². The molecule has 0 spiro atoms. The normalized spacial score (nSPS) is 15.6. The highest BCUT2D eigenvalue weighted by Crippen LogP contribution is 2.43. The standard InChI is InChI=1S/C27H19FN4O3S2/c28-20-11-5-4-9-19(20)16-36-27-31-30-26(37-27)32-23(18-10-6-14-29-15-18)22(24(34)25(32)35)21(33)13-12-17-7-2-1-3-8-17/h1-15,23,34H,16H2/b13-12+. The van der Waals surface area contributed by atoms with Crippen molar-refractivity contribution in [3.8, 4) is 0 Å². The molecular weight excluding hydrogens is 511 g/mol. The molecule has 1 atom stereocenters. The topological polar surface area (TPSA) is 96.3 Å². The number of allylic oxidation sites excluding steroid dienone is 1. The first-order valence-electron chi connectivity index (χ1n) is 11.2.